The highest BCUT2D eigenvalue weighted by atomic mass is 19.4. The molecule has 2 rings (SSSR count). The first-order valence-corrected chi connectivity index (χ1v) is 7.57. The number of halogens is 8. The van der Waals surface area contributed by atoms with Crippen LogP contribution in [-0.2, 0) is 18.6 Å². The van der Waals surface area contributed by atoms with Gasteiger partial charge in [-0.2, -0.15) is 35.1 Å². The van der Waals surface area contributed by atoms with Crippen molar-refractivity contribution in [3.05, 3.63) is 41.0 Å². The molecule has 27 heavy (non-hydrogen) atoms. The number of hydrogen-bond donors (Lipinski definition) is 1. The van der Waals surface area contributed by atoms with Crippen molar-refractivity contribution in [2.75, 3.05) is 11.9 Å². The van der Waals surface area contributed by atoms with Gasteiger partial charge in [-0.25, -0.2) is 9.67 Å². The third-order valence-electron chi connectivity index (χ3n) is 3.55. The molecule has 0 aliphatic rings. The number of rotatable bonds is 5. The van der Waals surface area contributed by atoms with Gasteiger partial charge in [-0.3, -0.25) is 0 Å². The van der Waals surface area contributed by atoms with Crippen molar-refractivity contribution in [1.29, 1.82) is 0 Å². The quantitative estimate of drug-likeness (QED) is 0.735. The van der Waals surface area contributed by atoms with Crippen LogP contribution in [0.2, 0.25) is 0 Å². The zero-order valence-electron chi connectivity index (χ0n) is 14.0. The smallest absolute Gasteiger partial charge is 0.385 e. The topological polar surface area (TPSA) is 42.7 Å². The van der Waals surface area contributed by atoms with E-state index < -0.39 is 36.5 Å². The number of hydrogen-bond acceptors (Lipinski definition) is 3. The number of aryl methyl sites for hydroxylation is 1. The molecule has 0 fully saturated rings. The second kappa shape index (κ2) is 6.97. The average Bonchev–Trinajstić information content (AvgIpc) is 2.94. The minimum absolute atomic E-state index is 0.00329. The Bertz CT molecular complexity index is 807. The van der Waals surface area contributed by atoms with Gasteiger partial charge in [0.2, 0.25) is 11.6 Å². The van der Waals surface area contributed by atoms with Gasteiger partial charge in [-0.05, 0) is 31.0 Å². The summed E-state index contributed by atoms with van der Waals surface area (Å²) < 4.78 is 103. The lowest BCUT2D eigenvalue weighted by molar-refractivity contribution is -0.292. The summed E-state index contributed by atoms with van der Waals surface area (Å²) in [5.41, 5.74) is 1.59. The van der Waals surface area contributed by atoms with Crippen LogP contribution in [-0.4, -0.2) is 27.5 Å². The molecular weight excluding hydrogens is 388 g/mol. The summed E-state index contributed by atoms with van der Waals surface area (Å²) in [6, 6.07) is 4.44. The van der Waals surface area contributed by atoms with E-state index in [1.165, 1.54) is 12.1 Å². The molecule has 0 saturated carbocycles. The van der Waals surface area contributed by atoms with Crippen LogP contribution in [0.15, 0.2) is 18.2 Å². The molecule has 0 unspecified atom stereocenters. The van der Waals surface area contributed by atoms with Gasteiger partial charge in [0.15, 0.2) is 0 Å². The van der Waals surface area contributed by atoms with Crippen molar-refractivity contribution >= 4 is 5.69 Å². The van der Waals surface area contributed by atoms with Crippen molar-refractivity contribution < 1.29 is 35.1 Å². The summed E-state index contributed by atoms with van der Waals surface area (Å²) in [4.78, 5) is 2.43. The maximum absolute atomic E-state index is 13.3. The van der Waals surface area contributed by atoms with Gasteiger partial charge in [0.25, 0.3) is 0 Å². The SMILES string of the molecule is CCNc1ccc(Cn2nc(C(F)(F)C(F)(F)F)nc2C(F)(F)F)cc1C. The van der Waals surface area contributed by atoms with Gasteiger partial charge in [-0.1, -0.05) is 12.1 Å². The fraction of sp³-hybridized carbons (Fsp3) is 0.467. The first kappa shape index (κ1) is 20.9. The maximum atomic E-state index is 13.3. The third kappa shape index (κ3) is 4.30. The Morgan fingerprint density at radius 1 is 1.04 bits per heavy atom. The van der Waals surface area contributed by atoms with E-state index in [0.29, 0.717) is 17.8 Å². The fourth-order valence-corrected chi connectivity index (χ4v) is 2.31. The first-order chi connectivity index (χ1) is 12.3. The molecule has 1 N–H and O–H groups in total. The molecule has 150 valence electrons. The predicted octanol–water partition coefficient (Wildman–Crippen LogP) is 4.74. The van der Waals surface area contributed by atoms with Crippen LogP contribution in [0.1, 0.15) is 29.7 Å². The number of anilines is 1. The van der Waals surface area contributed by atoms with E-state index in [1.807, 2.05) is 6.92 Å². The molecule has 0 atom stereocenters. The molecule has 0 saturated heterocycles. The Morgan fingerprint density at radius 2 is 1.67 bits per heavy atom. The lowest BCUT2D eigenvalue weighted by Crippen LogP contribution is -2.35. The van der Waals surface area contributed by atoms with Crippen molar-refractivity contribution in [3.63, 3.8) is 0 Å². The van der Waals surface area contributed by atoms with Crippen LogP contribution < -0.4 is 5.32 Å². The van der Waals surface area contributed by atoms with Crippen LogP contribution in [0.3, 0.4) is 0 Å². The van der Waals surface area contributed by atoms with Crippen LogP contribution in [0.4, 0.5) is 40.8 Å². The van der Waals surface area contributed by atoms with Gasteiger partial charge >= 0.3 is 18.3 Å². The number of nitrogens with zero attached hydrogens (tertiary/aromatic N) is 3. The highest BCUT2D eigenvalue weighted by Gasteiger charge is 2.62. The van der Waals surface area contributed by atoms with E-state index in [0.717, 1.165) is 0 Å². The fourth-order valence-electron chi connectivity index (χ4n) is 2.31. The van der Waals surface area contributed by atoms with Crippen molar-refractivity contribution in [2.45, 2.75) is 38.7 Å². The Balaban J connectivity index is 2.46. The van der Waals surface area contributed by atoms with Crippen molar-refractivity contribution in [3.8, 4) is 0 Å². The number of aromatic nitrogens is 3. The number of benzene rings is 1. The van der Waals surface area contributed by atoms with E-state index in [2.05, 4.69) is 15.4 Å². The molecule has 12 heteroatoms. The second-order valence-corrected chi connectivity index (χ2v) is 5.67. The molecule has 2 aromatic rings. The van der Waals surface area contributed by atoms with Gasteiger partial charge in [-0.15, -0.1) is 5.10 Å². The van der Waals surface area contributed by atoms with E-state index >= 15 is 0 Å². The molecule has 1 heterocycles. The van der Waals surface area contributed by atoms with Gasteiger partial charge < -0.3 is 5.32 Å². The highest BCUT2D eigenvalue weighted by Crippen LogP contribution is 2.43. The lowest BCUT2D eigenvalue weighted by atomic mass is 10.1. The first-order valence-electron chi connectivity index (χ1n) is 7.57. The van der Waals surface area contributed by atoms with E-state index in [1.54, 1.807) is 13.0 Å². The molecule has 0 aliphatic heterocycles. The Kier molecular flexibility index (Phi) is 5.39. The van der Waals surface area contributed by atoms with Gasteiger partial charge in [0.1, 0.15) is 0 Å². The summed E-state index contributed by atoms with van der Waals surface area (Å²) in [6.45, 7) is 3.41. The molecule has 1 aromatic carbocycles. The van der Waals surface area contributed by atoms with Crippen molar-refractivity contribution in [2.24, 2.45) is 0 Å². The number of nitrogens with one attached hydrogen (secondary N) is 1. The highest BCUT2D eigenvalue weighted by molar-refractivity contribution is 5.52. The molecule has 1 aromatic heterocycles. The standard InChI is InChI=1S/C15H14F8N4/c1-3-24-10-5-4-9(6-8(10)2)7-27-12(14(18,19)20)25-11(26-27)13(16,17)15(21,22)23/h4-6,24H,3,7H2,1-2H3. The van der Waals surface area contributed by atoms with Crippen LogP contribution in [0.5, 0.6) is 0 Å². The molecular formula is C15H14F8N4. The third-order valence-corrected chi connectivity index (χ3v) is 3.55. The molecule has 0 bridgehead atoms. The summed E-state index contributed by atoms with van der Waals surface area (Å²) in [6.07, 6.45) is -11.4. The molecule has 0 amide bonds. The molecule has 4 nitrogen and oxygen atoms in total. The largest absolute Gasteiger partial charge is 0.461 e. The Morgan fingerprint density at radius 3 is 2.15 bits per heavy atom. The molecule has 0 radical (unpaired) electrons. The minimum Gasteiger partial charge on any atom is -0.385 e. The lowest BCUT2D eigenvalue weighted by Gasteiger charge is -2.15. The Labute approximate surface area is 148 Å². The minimum atomic E-state index is -6.12. The average molecular weight is 402 g/mol. The van der Waals surface area contributed by atoms with Gasteiger partial charge in [0.05, 0.1) is 6.54 Å². The Hall–Kier alpha value is -2.40. The van der Waals surface area contributed by atoms with E-state index in [4.69, 9.17) is 0 Å². The van der Waals surface area contributed by atoms with E-state index in [9.17, 15) is 35.1 Å². The van der Waals surface area contributed by atoms with Crippen LogP contribution in [0.25, 0.3) is 0 Å². The van der Waals surface area contributed by atoms with Gasteiger partial charge in [0, 0.05) is 12.2 Å². The molecule has 0 spiro atoms. The monoisotopic (exact) mass is 402 g/mol. The second-order valence-electron chi connectivity index (χ2n) is 5.67. The summed E-state index contributed by atoms with van der Waals surface area (Å²) in [5, 5.41) is 5.80. The normalized spacial score (nSPS) is 13.1. The number of alkyl halides is 8. The summed E-state index contributed by atoms with van der Waals surface area (Å²) in [5.74, 6) is -9.79. The summed E-state index contributed by atoms with van der Waals surface area (Å²) in [7, 11) is 0. The maximum Gasteiger partial charge on any atom is 0.461 e. The van der Waals surface area contributed by atoms with Crippen LogP contribution >= 0.6 is 0 Å². The van der Waals surface area contributed by atoms with Crippen molar-refractivity contribution in [1.82, 2.24) is 14.8 Å². The molecule has 0 aliphatic carbocycles. The zero-order valence-corrected chi connectivity index (χ0v) is 14.0. The predicted molar refractivity (Wildman–Crippen MR) is 79.4 cm³/mol. The zero-order chi connectivity index (χ0) is 20.6. The van der Waals surface area contributed by atoms with Crippen LogP contribution in [0, 0.1) is 6.92 Å². The van der Waals surface area contributed by atoms with E-state index in [-0.39, 0.29) is 10.2 Å². The summed E-state index contributed by atoms with van der Waals surface area (Å²) >= 11 is 0.